The van der Waals surface area contributed by atoms with Crippen LogP contribution in [0.4, 0.5) is 4.79 Å². The molecule has 0 bridgehead atoms. The molecule has 0 saturated heterocycles. The van der Waals surface area contributed by atoms with Gasteiger partial charge in [-0.3, -0.25) is 4.90 Å². The summed E-state index contributed by atoms with van der Waals surface area (Å²) in [5, 5.41) is 0. The predicted octanol–water partition coefficient (Wildman–Crippen LogP) is 5.26. The second kappa shape index (κ2) is 18.2. The minimum absolute atomic E-state index is 0.125. The summed E-state index contributed by atoms with van der Waals surface area (Å²) >= 11 is 11.5. The van der Waals surface area contributed by atoms with Gasteiger partial charge in [0.1, 0.15) is 36.5 Å². The lowest BCUT2D eigenvalue weighted by Crippen LogP contribution is -2.51. The number of amides is 1. The van der Waals surface area contributed by atoms with Gasteiger partial charge in [0, 0.05) is 18.3 Å². The van der Waals surface area contributed by atoms with Crippen molar-refractivity contribution in [1.29, 1.82) is 0 Å². The number of carbonyl (C=O) groups is 1. The second-order valence-corrected chi connectivity index (χ2v) is 10.5. The Balaban J connectivity index is 1.72. The summed E-state index contributed by atoms with van der Waals surface area (Å²) in [5.41, 5.74) is 7.95. The van der Waals surface area contributed by atoms with Crippen molar-refractivity contribution in [2.24, 2.45) is 5.73 Å². The van der Waals surface area contributed by atoms with Gasteiger partial charge in [0.25, 0.3) is 0 Å². The van der Waals surface area contributed by atoms with Crippen LogP contribution in [0, 0.1) is 0 Å². The molecule has 2 rings (SSSR count). The Hall–Kier alpha value is -2.23. The van der Waals surface area contributed by atoms with Crippen LogP contribution >= 0.6 is 23.2 Å². The van der Waals surface area contributed by atoms with Gasteiger partial charge in [-0.05, 0) is 69.0 Å². The van der Waals surface area contributed by atoms with Crippen LogP contribution in [0.2, 0.25) is 0 Å². The third-order valence-corrected chi connectivity index (χ3v) is 5.78. The first-order valence-corrected chi connectivity index (χ1v) is 14.2. The van der Waals surface area contributed by atoms with Crippen LogP contribution in [-0.2, 0) is 27.1 Å². The Bertz CT molecular complexity index is 938. The highest BCUT2D eigenvalue weighted by Gasteiger charge is 2.26. The largest absolute Gasteiger partial charge is 0.491 e. The van der Waals surface area contributed by atoms with Crippen LogP contribution in [0.5, 0.6) is 11.5 Å². The molecule has 0 saturated carbocycles. The van der Waals surface area contributed by atoms with Gasteiger partial charge >= 0.3 is 6.09 Å². The van der Waals surface area contributed by atoms with Gasteiger partial charge in [0.05, 0.1) is 26.4 Å². The molecular formula is C29H42Cl2N2O6. The predicted molar refractivity (Wildman–Crippen MR) is 155 cm³/mol. The van der Waals surface area contributed by atoms with Crippen molar-refractivity contribution in [3.63, 3.8) is 0 Å². The number of ether oxygens (including phenoxy) is 5. The first-order valence-electron chi connectivity index (χ1n) is 13.2. The Morgan fingerprint density at radius 1 is 0.795 bits per heavy atom. The molecule has 0 heterocycles. The van der Waals surface area contributed by atoms with Crippen molar-refractivity contribution in [3.05, 3.63) is 59.7 Å². The molecule has 1 unspecified atom stereocenters. The van der Waals surface area contributed by atoms with Gasteiger partial charge < -0.3 is 29.4 Å². The number of hydrogen-bond acceptors (Lipinski definition) is 7. The molecule has 1 amide bonds. The molecule has 8 nitrogen and oxygen atoms in total. The van der Waals surface area contributed by atoms with E-state index >= 15 is 0 Å². The highest BCUT2D eigenvalue weighted by molar-refractivity contribution is 6.18. The van der Waals surface area contributed by atoms with Gasteiger partial charge in [-0.2, -0.15) is 0 Å². The Labute approximate surface area is 242 Å². The molecule has 0 radical (unpaired) electrons. The minimum atomic E-state index is -0.707. The van der Waals surface area contributed by atoms with Crippen LogP contribution in [-0.4, -0.2) is 80.7 Å². The van der Waals surface area contributed by atoms with Crippen molar-refractivity contribution in [2.45, 2.75) is 45.4 Å². The Kier molecular flexibility index (Phi) is 15.4. The van der Waals surface area contributed by atoms with Gasteiger partial charge in [-0.15, -0.1) is 23.2 Å². The molecular weight excluding hydrogens is 543 g/mol. The van der Waals surface area contributed by atoms with E-state index in [1.807, 2.05) is 48.5 Å². The monoisotopic (exact) mass is 584 g/mol. The average molecular weight is 586 g/mol. The highest BCUT2D eigenvalue weighted by Crippen LogP contribution is 2.14. The van der Waals surface area contributed by atoms with Crippen molar-refractivity contribution in [1.82, 2.24) is 4.90 Å². The summed E-state index contributed by atoms with van der Waals surface area (Å²) in [6.07, 6.45) is 0.411. The lowest BCUT2D eigenvalue weighted by molar-refractivity contribution is -0.00995. The average Bonchev–Trinajstić information content (AvgIpc) is 2.89. The summed E-state index contributed by atoms with van der Waals surface area (Å²) in [7, 11) is 0. The third-order valence-electron chi connectivity index (χ3n) is 5.40. The standard InChI is InChI=1S/C29H42Cl2N2O6/c1-29(2,3)39-28(34)33(16-17-35-18-20-37-25-8-4-23(5-9-25)12-14-30)27(32)22-36-19-21-38-26-10-6-24(7-11-26)13-15-31/h4-11,27H,12-22,32H2,1-3H3. The van der Waals surface area contributed by atoms with E-state index in [4.69, 9.17) is 52.6 Å². The highest BCUT2D eigenvalue weighted by atomic mass is 35.5. The molecule has 218 valence electrons. The van der Waals surface area contributed by atoms with Crippen LogP contribution < -0.4 is 15.2 Å². The fourth-order valence-electron chi connectivity index (χ4n) is 3.43. The van der Waals surface area contributed by atoms with Crippen molar-refractivity contribution in [2.75, 3.05) is 57.9 Å². The molecule has 0 aromatic heterocycles. The van der Waals surface area contributed by atoms with Gasteiger partial charge in [0.15, 0.2) is 0 Å². The number of nitrogens with two attached hydrogens (primary N) is 1. The summed E-state index contributed by atoms with van der Waals surface area (Å²) in [6, 6.07) is 15.6. The molecule has 1 atom stereocenters. The zero-order valence-electron chi connectivity index (χ0n) is 23.2. The SMILES string of the molecule is CC(C)(C)OC(=O)N(CCOCCOc1ccc(CCCl)cc1)C(N)COCCOc1ccc(CCCl)cc1. The molecule has 2 aromatic carbocycles. The number of nitrogens with zero attached hydrogens (tertiary/aromatic N) is 1. The van der Waals surface area contributed by atoms with Crippen molar-refractivity contribution in [3.8, 4) is 11.5 Å². The lowest BCUT2D eigenvalue weighted by Gasteiger charge is -2.31. The van der Waals surface area contributed by atoms with Gasteiger partial charge in [-0.1, -0.05) is 24.3 Å². The molecule has 2 N–H and O–H groups in total. The summed E-state index contributed by atoms with van der Waals surface area (Å²) in [6.45, 7) is 7.48. The van der Waals surface area contributed by atoms with E-state index in [9.17, 15) is 4.79 Å². The topological polar surface area (TPSA) is 92.5 Å². The normalized spacial score (nSPS) is 12.2. The van der Waals surface area contributed by atoms with Crippen LogP contribution in [0.25, 0.3) is 0 Å². The quantitative estimate of drug-likeness (QED) is 0.145. The summed E-state index contributed by atoms with van der Waals surface area (Å²) in [4.78, 5) is 14.2. The molecule has 10 heteroatoms. The number of alkyl halides is 2. The number of rotatable bonds is 18. The maximum atomic E-state index is 12.8. The molecule has 39 heavy (non-hydrogen) atoms. The molecule has 0 aliphatic heterocycles. The molecule has 0 fully saturated rings. The van der Waals surface area contributed by atoms with E-state index in [2.05, 4.69) is 0 Å². The molecule has 0 spiro atoms. The van der Waals surface area contributed by atoms with E-state index in [0.29, 0.717) is 38.2 Å². The van der Waals surface area contributed by atoms with Crippen LogP contribution in [0.3, 0.4) is 0 Å². The van der Waals surface area contributed by atoms with E-state index in [0.717, 1.165) is 35.5 Å². The van der Waals surface area contributed by atoms with Crippen LogP contribution in [0.1, 0.15) is 31.9 Å². The lowest BCUT2D eigenvalue weighted by atomic mass is 10.2. The number of carbonyl (C=O) groups excluding carboxylic acids is 1. The van der Waals surface area contributed by atoms with E-state index in [1.165, 1.54) is 4.90 Å². The van der Waals surface area contributed by atoms with Gasteiger partial charge in [-0.25, -0.2) is 4.79 Å². The molecule has 2 aromatic rings. The molecule has 0 aliphatic carbocycles. The summed E-state index contributed by atoms with van der Waals surface area (Å²) in [5.74, 6) is 2.68. The number of aryl methyl sites for hydroxylation is 2. The van der Waals surface area contributed by atoms with Crippen molar-refractivity contribution < 1.29 is 28.5 Å². The molecule has 0 aliphatic rings. The Morgan fingerprint density at radius 2 is 1.28 bits per heavy atom. The Morgan fingerprint density at radius 3 is 1.74 bits per heavy atom. The van der Waals surface area contributed by atoms with Gasteiger partial charge in [0.2, 0.25) is 0 Å². The second-order valence-electron chi connectivity index (χ2n) is 9.79. The zero-order valence-corrected chi connectivity index (χ0v) is 24.7. The number of hydrogen-bond donors (Lipinski definition) is 1. The fourth-order valence-corrected chi connectivity index (χ4v) is 3.87. The van der Waals surface area contributed by atoms with E-state index in [1.54, 1.807) is 20.8 Å². The maximum Gasteiger partial charge on any atom is 0.411 e. The zero-order chi connectivity index (χ0) is 28.5. The number of halogens is 2. The first kappa shape index (κ1) is 33.0. The van der Waals surface area contributed by atoms with E-state index < -0.39 is 17.9 Å². The van der Waals surface area contributed by atoms with E-state index in [-0.39, 0.29) is 19.8 Å². The van der Waals surface area contributed by atoms with Crippen molar-refractivity contribution >= 4 is 29.3 Å². The minimum Gasteiger partial charge on any atom is -0.491 e. The van der Waals surface area contributed by atoms with Crippen LogP contribution in [0.15, 0.2) is 48.5 Å². The number of benzene rings is 2. The maximum absolute atomic E-state index is 12.8. The fraction of sp³-hybridized carbons (Fsp3) is 0.552. The summed E-state index contributed by atoms with van der Waals surface area (Å²) < 4.78 is 28.3. The first-order chi connectivity index (χ1) is 18.7. The smallest absolute Gasteiger partial charge is 0.411 e. The third kappa shape index (κ3) is 14.1.